The Labute approximate surface area is 168 Å². The molecule has 9 heteroatoms. The first-order valence-electron chi connectivity index (χ1n) is 9.43. The zero-order valence-electron chi connectivity index (χ0n) is 15.5. The van der Waals surface area contributed by atoms with Gasteiger partial charge in [-0.25, -0.2) is 8.42 Å². The molecule has 1 aliphatic carbocycles. The van der Waals surface area contributed by atoms with Crippen molar-refractivity contribution in [1.29, 1.82) is 0 Å². The lowest BCUT2D eigenvalue weighted by atomic mass is 10.2. The van der Waals surface area contributed by atoms with E-state index in [9.17, 15) is 13.2 Å². The maximum absolute atomic E-state index is 12.3. The number of benzene rings is 2. The Kier molecular flexibility index (Phi) is 4.02. The molecule has 1 amide bonds. The number of amidine groups is 1. The Bertz CT molecular complexity index is 1140. The van der Waals surface area contributed by atoms with Gasteiger partial charge >= 0.3 is 0 Å². The highest BCUT2D eigenvalue weighted by molar-refractivity contribution is 7.90. The number of hydrogen-bond acceptors (Lipinski definition) is 6. The third-order valence-corrected chi connectivity index (χ3v) is 6.63. The molecule has 1 fully saturated rings. The molecule has 1 saturated carbocycles. The predicted octanol–water partition coefficient (Wildman–Crippen LogP) is 2.41. The number of nitrogens with zero attached hydrogens (tertiary/aromatic N) is 1. The van der Waals surface area contributed by atoms with Gasteiger partial charge in [0.25, 0.3) is 15.8 Å². The average Bonchev–Trinajstić information content (AvgIpc) is 3.37. The quantitative estimate of drug-likeness (QED) is 0.804. The van der Waals surface area contributed by atoms with Crippen LogP contribution < -0.4 is 19.5 Å². The van der Waals surface area contributed by atoms with Crippen molar-refractivity contribution in [1.82, 2.24) is 4.72 Å². The van der Waals surface area contributed by atoms with E-state index in [2.05, 4.69) is 15.0 Å². The third-order valence-electron chi connectivity index (χ3n) is 5.23. The molecule has 1 spiro atoms. The number of fused-ring (bicyclic) bond motifs is 2. The van der Waals surface area contributed by atoms with Gasteiger partial charge in [-0.3, -0.25) is 14.5 Å². The number of rotatable bonds is 3. The topological polar surface area (TPSA) is 106 Å². The first-order valence-corrected chi connectivity index (χ1v) is 10.9. The Morgan fingerprint density at radius 2 is 1.86 bits per heavy atom. The van der Waals surface area contributed by atoms with Crippen molar-refractivity contribution in [2.24, 2.45) is 4.99 Å². The number of nitrogens with one attached hydrogen (secondary N) is 2. The number of carbonyl (C=O) groups is 1. The fourth-order valence-corrected chi connectivity index (χ4v) is 5.14. The zero-order chi connectivity index (χ0) is 20.1. The van der Waals surface area contributed by atoms with Gasteiger partial charge < -0.3 is 14.8 Å². The van der Waals surface area contributed by atoms with Gasteiger partial charge in [-0.2, -0.15) is 0 Å². The van der Waals surface area contributed by atoms with Crippen LogP contribution in [0.1, 0.15) is 31.2 Å². The summed E-state index contributed by atoms with van der Waals surface area (Å²) in [5.41, 5.74) is 1.03. The average molecular weight is 413 g/mol. The maximum Gasteiger partial charge on any atom is 0.263 e. The van der Waals surface area contributed by atoms with E-state index in [1.54, 1.807) is 36.4 Å². The van der Waals surface area contributed by atoms with Crippen LogP contribution in [0.3, 0.4) is 0 Å². The molecule has 2 aliphatic heterocycles. The Balaban J connectivity index is 1.28. The molecule has 2 aromatic rings. The van der Waals surface area contributed by atoms with Crippen LogP contribution in [0.25, 0.3) is 0 Å². The van der Waals surface area contributed by atoms with Crippen LogP contribution in [0.5, 0.6) is 11.5 Å². The lowest BCUT2D eigenvalue weighted by Gasteiger charge is -2.21. The molecule has 2 heterocycles. The van der Waals surface area contributed by atoms with E-state index >= 15 is 0 Å². The summed E-state index contributed by atoms with van der Waals surface area (Å²) in [6.07, 6.45) is 3.87. The monoisotopic (exact) mass is 413 g/mol. The smallest absolute Gasteiger partial charge is 0.263 e. The van der Waals surface area contributed by atoms with Crippen molar-refractivity contribution in [3.63, 3.8) is 0 Å². The molecular weight excluding hydrogens is 394 g/mol. The second-order valence-electron chi connectivity index (χ2n) is 7.30. The lowest BCUT2D eigenvalue weighted by molar-refractivity contribution is -0.114. The molecule has 0 radical (unpaired) electrons. The Morgan fingerprint density at radius 1 is 1.10 bits per heavy atom. The standard InChI is InChI=1S/C20H19N3O5S/c24-18(12-21-19-14-5-1-2-6-17(14)29(25,26)23-19)22-13-7-8-15-16(11-13)28-20(27-15)9-3-4-10-20/h1-2,5-8,11H,3-4,9-10,12H2,(H,21,23)(H,22,24). The van der Waals surface area contributed by atoms with E-state index < -0.39 is 15.8 Å². The van der Waals surface area contributed by atoms with Gasteiger partial charge in [0, 0.05) is 30.2 Å². The summed E-state index contributed by atoms with van der Waals surface area (Å²) in [7, 11) is -3.62. The number of ether oxygens (including phenoxy) is 2. The molecule has 29 heavy (non-hydrogen) atoms. The van der Waals surface area contributed by atoms with Gasteiger partial charge in [0.2, 0.25) is 5.91 Å². The summed E-state index contributed by atoms with van der Waals surface area (Å²) in [5.74, 6) is 0.556. The SMILES string of the molecule is O=C(CN=C1NS(=O)(=O)c2ccccc21)Nc1ccc2c(c1)OC1(CCCC1)O2. The summed E-state index contributed by atoms with van der Waals surface area (Å²) in [5, 5.41) is 2.76. The Hall–Kier alpha value is -3.07. The first-order chi connectivity index (χ1) is 13.9. The summed E-state index contributed by atoms with van der Waals surface area (Å²) in [6.45, 7) is -0.218. The molecule has 2 N–H and O–H groups in total. The largest absolute Gasteiger partial charge is 0.448 e. The molecule has 2 aromatic carbocycles. The fraction of sp³-hybridized carbons (Fsp3) is 0.300. The number of carbonyl (C=O) groups excluding carboxylic acids is 1. The summed E-state index contributed by atoms with van der Waals surface area (Å²) in [6, 6.07) is 11.8. The molecule has 8 nitrogen and oxygen atoms in total. The van der Waals surface area contributed by atoms with Crippen LogP contribution >= 0.6 is 0 Å². The van der Waals surface area contributed by atoms with E-state index in [0.717, 1.165) is 25.7 Å². The highest BCUT2D eigenvalue weighted by Crippen LogP contribution is 2.47. The summed E-state index contributed by atoms with van der Waals surface area (Å²) >= 11 is 0. The normalized spacial score (nSPS) is 21.2. The van der Waals surface area contributed by atoms with E-state index in [4.69, 9.17) is 9.47 Å². The maximum atomic E-state index is 12.3. The van der Waals surface area contributed by atoms with Crippen LogP contribution in [-0.4, -0.2) is 32.5 Å². The number of aliphatic imine (C=N–C) groups is 1. The minimum Gasteiger partial charge on any atom is -0.448 e. The molecule has 3 aliphatic rings. The second-order valence-corrected chi connectivity index (χ2v) is 8.95. The highest BCUT2D eigenvalue weighted by atomic mass is 32.2. The molecule has 0 aromatic heterocycles. The fourth-order valence-electron chi connectivity index (χ4n) is 3.89. The van der Waals surface area contributed by atoms with Gasteiger partial charge in [0.05, 0.1) is 4.90 Å². The lowest BCUT2D eigenvalue weighted by Crippen LogP contribution is -2.34. The van der Waals surface area contributed by atoms with Crippen molar-refractivity contribution in [3.8, 4) is 11.5 Å². The van der Waals surface area contributed by atoms with Gasteiger partial charge in [-0.05, 0) is 37.1 Å². The predicted molar refractivity (Wildman–Crippen MR) is 106 cm³/mol. The van der Waals surface area contributed by atoms with Crippen LogP contribution in [-0.2, 0) is 14.8 Å². The van der Waals surface area contributed by atoms with Crippen molar-refractivity contribution in [2.45, 2.75) is 36.4 Å². The van der Waals surface area contributed by atoms with Crippen molar-refractivity contribution >= 4 is 27.5 Å². The number of hydrogen-bond donors (Lipinski definition) is 2. The molecule has 0 bridgehead atoms. The number of anilines is 1. The van der Waals surface area contributed by atoms with Gasteiger partial charge in [-0.1, -0.05) is 12.1 Å². The van der Waals surface area contributed by atoms with E-state index in [1.807, 2.05) is 0 Å². The molecule has 150 valence electrons. The summed E-state index contributed by atoms with van der Waals surface area (Å²) in [4.78, 5) is 16.6. The van der Waals surface area contributed by atoms with E-state index in [1.165, 1.54) is 6.07 Å². The molecule has 5 rings (SSSR count). The molecule has 0 atom stereocenters. The van der Waals surface area contributed by atoms with E-state index in [-0.39, 0.29) is 23.2 Å². The second kappa shape index (κ2) is 6.48. The third kappa shape index (κ3) is 3.21. The molecule has 0 saturated heterocycles. The Morgan fingerprint density at radius 3 is 2.69 bits per heavy atom. The van der Waals surface area contributed by atoms with E-state index in [0.29, 0.717) is 22.7 Å². The summed E-state index contributed by atoms with van der Waals surface area (Å²) < 4.78 is 38.5. The van der Waals surface area contributed by atoms with Crippen LogP contribution in [0.2, 0.25) is 0 Å². The van der Waals surface area contributed by atoms with Crippen LogP contribution in [0.15, 0.2) is 52.4 Å². The van der Waals surface area contributed by atoms with Crippen LogP contribution in [0.4, 0.5) is 5.69 Å². The number of amides is 1. The van der Waals surface area contributed by atoms with Crippen molar-refractivity contribution in [3.05, 3.63) is 48.0 Å². The molecular formula is C20H19N3O5S. The minimum atomic E-state index is -3.62. The van der Waals surface area contributed by atoms with Crippen LogP contribution in [0, 0.1) is 0 Å². The minimum absolute atomic E-state index is 0.163. The molecule has 0 unspecified atom stereocenters. The first kappa shape index (κ1) is 18.0. The van der Waals surface area contributed by atoms with Crippen molar-refractivity contribution < 1.29 is 22.7 Å². The van der Waals surface area contributed by atoms with Gasteiger partial charge in [0.15, 0.2) is 11.5 Å². The van der Waals surface area contributed by atoms with Gasteiger partial charge in [0.1, 0.15) is 12.4 Å². The highest BCUT2D eigenvalue weighted by Gasteiger charge is 2.44. The zero-order valence-corrected chi connectivity index (χ0v) is 16.3. The van der Waals surface area contributed by atoms with Crippen molar-refractivity contribution in [2.75, 3.05) is 11.9 Å². The van der Waals surface area contributed by atoms with Gasteiger partial charge in [-0.15, -0.1) is 0 Å². The number of sulfonamides is 1.